The fourth-order valence-corrected chi connectivity index (χ4v) is 9.83. The predicted molar refractivity (Wildman–Crippen MR) is 268 cm³/mol. The summed E-state index contributed by atoms with van der Waals surface area (Å²) in [7, 11) is 0. The molecule has 11 rings (SSSR count). The van der Waals surface area contributed by atoms with Crippen molar-refractivity contribution in [2.24, 2.45) is 0 Å². The topological polar surface area (TPSA) is 32.8 Å². The molecule has 0 N–H and O–H groups in total. The lowest BCUT2D eigenvalue weighted by Crippen LogP contribution is -2.13. The number of nitrogens with zero attached hydrogens (tertiary/aromatic N) is 2. The second-order valence-corrected chi connectivity index (χ2v) is 17.8. The van der Waals surface area contributed by atoms with Crippen molar-refractivity contribution in [1.29, 1.82) is 0 Å². The number of anilines is 6. The van der Waals surface area contributed by atoms with Crippen LogP contribution >= 0.6 is 0 Å². The van der Waals surface area contributed by atoms with Gasteiger partial charge in [-0.15, -0.1) is 0 Å². The molecule has 0 aliphatic carbocycles. The summed E-state index contributed by atoms with van der Waals surface area (Å²) >= 11 is 0. The first-order valence-electron chi connectivity index (χ1n) is 22.0. The van der Waals surface area contributed by atoms with Crippen LogP contribution in [0.5, 0.6) is 0 Å². The van der Waals surface area contributed by atoms with E-state index in [2.05, 4.69) is 212 Å². The van der Waals surface area contributed by atoms with Gasteiger partial charge in [-0.3, -0.25) is 0 Å². The van der Waals surface area contributed by atoms with Crippen molar-refractivity contribution in [3.05, 3.63) is 190 Å². The zero-order chi connectivity index (χ0) is 43.4. The summed E-state index contributed by atoms with van der Waals surface area (Å²) in [6, 6.07) is 51.2. The van der Waals surface area contributed by atoms with Gasteiger partial charge in [0.1, 0.15) is 11.2 Å². The highest BCUT2D eigenvalue weighted by Crippen LogP contribution is 2.46. The van der Waals surface area contributed by atoms with Crippen molar-refractivity contribution in [1.82, 2.24) is 0 Å². The Morgan fingerprint density at radius 2 is 0.714 bits per heavy atom. The quantitative estimate of drug-likeness (QED) is 0.167. The van der Waals surface area contributed by atoms with E-state index in [1.807, 2.05) is 0 Å². The van der Waals surface area contributed by atoms with Crippen LogP contribution in [0.15, 0.2) is 148 Å². The van der Waals surface area contributed by atoms with Gasteiger partial charge in [0.25, 0.3) is 0 Å². The van der Waals surface area contributed by atoms with E-state index in [1.54, 1.807) is 0 Å². The van der Waals surface area contributed by atoms with Gasteiger partial charge >= 0.3 is 0 Å². The highest BCUT2D eigenvalue weighted by molar-refractivity contribution is 6.22. The van der Waals surface area contributed by atoms with E-state index in [0.717, 1.165) is 76.8 Å². The average molecular weight is 819 g/mol. The lowest BCUT2D eigenvalue weighted by Gasteiger charge is -2.30. The SMILES string of the molecule is Cc1cccc(N(c2ccc3cc4c(cc3c2)oc2c4cc(C)c3c4cc5ccc(N(c6cccc(C)c6C)c6cccc(C)c6C)cc5cc4oc23)c2cccc(C)c2C)c1C. The van der Waals surface area contributed by atoms with Crippen LogP contribution in [-0.2, 0) is 0 Å². The maximum absolute atomic E-state index is 6.90. The van der Waals surface area contributed by atoms with Gasteiger partial charge in [-0.25, -0.2) is 0 Å². The summed E-state index contributed by atoms with van der Waals surface area (Å²) in [4.78, 5) is 4.82. The molecule has 4 heteroatoms. The Kier molecular flexibility index (Phi) is 8.82. The standard InChI is InChI=1S/C59H50N2O2/c1-33-14-10-18-51(38(33)6)60(52-19-11-15-34(2)39(52)7)46-24-22-42-29-48-49-26-37(5)57-50-30-43-23-25-47(28-45(43)32-56(50)63-59(57)58(49)62-55(48)31-44(42)27-46)61(53-20-12-16-35(3)40(53)8)54-21-13-17-36(4)41(54)9/h10-32H,1-9H3. The molecular formula is C59H50N2O2. The molecule has 0 radical (unpaired) electrons. The van der Waals surface area contributed by atoms with Crippen LogP contribution < -0.4 is 9.80 Å². The molecule has 0 bridgehead atoms. The number of hydrogen-bond acceptors (Lipinski definition) is 4. The molecule has 4 nitrogen and oxygen atoms in total. The maximum Gasteiger partial charge on any atom is 0.178 e. The van der Waals surface area contributed by atoms with Crippen molar-refractivity contribution >= 4 is 99.5 Å². The van der Waals surface area contributed by atoms with Gasteiger partial charge in [-0.05, 0) is 213 Å². The van der Waals surface area contributed by atoms with Crippen LogP contribution in [0, 0.1) is 62.3 Å². The Morgan fingerprint density at radius 1 is 0.317 bits per heavy atom. The smallest absolute Gasteiger partial charge is 0.178 e. The van der Waals surface area contributed by atoms with Gasteiger partial charge in [0.2, 0.25) is 0 Å². The van der Waals surface area contributed by atoms with Crippen molar-refractivity contribution in [2.45, 2.75) is 62.3 Å². The number of hydrogen-bond donors (Lipinski definition) is 0. The zero-order valence-electron chi connectivity index (χ0n) is 37.5. The van der Waals surface area contributed by atoms with E-state index in [9.17, 15) is 0 Å². The number of furan rings is 2. The third-order valence-corrected chi connectivity index (χ3v) is 14.0. The molecule has 0 saturated heterocycles. The van der Waals surface area contributed by atoms with Crippen LogP contribution in [0.1, 0.15) is 50.1 Å². The molecule has 0 unspecified atom stereocenters. The predicted octanol–water partition coefficient (Wildman–Crippen LogP) is 17.5. The monoisotopic (exact) mass is 818 g/mol. The molecule has 0 aliphatic heterocycles. The molecule has 2 heterocycles. The fourth-order valence-electron chi connectivity index (χ4n) is 9.83. The summed E-state index contributed by atoms with van der Waals surface area (Å²) in [6.45, 7) is 19.8. The van der Waals surface area contributed by atoms with Crippen LogP contribution in [0.25, 0.3) is 65.4 Å². The van der Waals surface area contributed by atoms with E-state index in [1.165, 1.54) is 72.8 Å². The van der Waals surface area contributed by atoms with Crippen molar-refractivity contribution < 1.29 is 8.83 Å². The number of benzene rings is 9. The minimum Gasteiger partial charge on any atom is -0.452 e. The van der Waals surface area contributed by atoms with Gasteiger partial charge in [-0.2, -0.15) is 0 Å². The van der Waals surface area contributed by atoms with E-state index < -0.39 is 0 Å². The first kappa shape index (κ1) is 38.6. The van der Waals surface area contributed by atoms with Gasteiger partial charge < -0.3 is 18.6 Å². The Morgan fingerprint density at radius 3 is 1.16 bits per heavy atom. The van der Waals surface area contributed by atoms with E-state index >= 15 is 0 Å². The third-order valence-electron chi connectivity index (χ3n) is 14.0. The van der Waals surface area contributed by atoms with Crippen molar-refractivity contribution in [3.63, 3.8) is 0 Å². The Labute approximate surface area is 368 Å². The number of fused-ring (bicyclic) bond motifs is 9. The molecule has 11 aromatic rings. The molecule has 0 amide bonds. The summed E-state index contributed by atoms with van der Waals surface area (Å²) in [5, 5.41) is 8.92. The molecule has 0 aliphatic rings. The second-order valence-electron chi connectivity index (χ2n) is 17.8. The molecule has 0 spiro atoms. The van der Waals surface area contributed by atoms with Gasteiger partial charge in [-0.1, -0.05) is 60.7 Å². The third kappa shape index (κ3) is 6.03. The largest absolute Gasteiger partial charge is 0.452 e. The molecule has 0 fully saturated rings. The average Bonchev–Trinajstić information content (AvgIpc) is 3.83. The Bertz CT molecular complexity index is 3590. The maximum atomic E-state index is 6.90. The minimum absolute atomic E-state index is 0.783. The summed E-state index contributed by atoms with van der Waals surface area (Å²) in [5.74, 6) is 0. The van der Waals surface area contributed by atoms with Gasteiger partial charge in [0, 0.05) is 55.7 Å². The molecule has 0 saturated carbocycles. The molecular weight excluding hydrogens is 769 g/mol. The van der Waals surface area contributed by atoms with Crippen LogP contribution in [-0.4, -0.2) is 0 Å². The molecule has 9 aromatic carbocycles. The molecule has 0 atom stereocenters. The fraction of sp³-hybridized carbons (Fsp3) is 0.153. The normalized spacial score (nSPS) is 11.9. The Hall–Kier alpha value is -7.30. The summed E-state index contributed by atoms with van der Waals surface area (Å²) in [5.41, 5.74) is 21.5. The van der Waals surface area contributed by atoms with Crippen LogP contribution in [0.2, 0.25) is 0 Å². The van der Waals surface area contributed by atoms with Crippen molar-refractivity contribution in [2.75, 3.05) is 9.80 Å². The molecule has 308 valence electrons. The highest BCUT2D eigenvalue weighted by Gasteiger charge is 2.23. The van der Waals surface area contributed by atoms with E-state index in [-0.39, 0.29) is 0 Å². The Balaban J connectivity index is 1.06. The van der Waals surface area contributed by atoms with Crippen LogP contribution in [0.4, 0.5) is 34.1 Å². The van der Waals surface area contributed by atoms with E-state index in [0.29, 0.717) is 0 Å². The summed E-state index contributed by atoms with van der Waals surface area (Å²) in [6.07, 6.45) is 0. The lowest BCUT2D eigenvalue weighted by molar-refractivity contribution is 0.633. The number of aryl methyl sites for hydroxylation is 5. The van der Waals surface area contributed by atoms with Gasteiger partial charge in [0.05, 0.1) is 0 Å². The van der Waals surface area contributed by atoms with Crippen LogP contribution in [0.3, 0.4) is 0 Å². The zero-order valence-corrected chi connectivity index (χ0v) is 37.5. The minimum atomic E-state index is 0.783. The molecule has 2 aromatic heterocycles. The van der Waals surface area contributed by atoms with Gasteiger partial charge in [0.15, 0.2) is 11.2 Å². The highest BCUT2D eigenvalue weighted by atomic mass is 16.4. The number of rotatable bonds is 6. The first-order chi connectivity index (χ1) is 30.4. The second kappa shape index (κ2) is 14.4. The lowest BCUT2D eigenvalue weighted by atomic mass is 9.99. The first-order valence-corrected chi connectivity index (χ1v) is 22.0. The van der Waals surface area contributed by atoms with E-state index in [4.69, 9.17) is 8.83 Å². The van der Waals surface area contributed by atoms with Crippen molar-refractivity contribution in [3.8, 4) is 0 Å². The molecule has 63 heavy (non-hydrogen) atoms. The summed E-state index contributed by atoms with van der Waals surface area (Å²) < 4.78 is 13.8.